The van der Waals surface area contributed by atoms with E-state index in [2.05, 4.69) is 15.1 Å². The molecule has 32 heavy (non-hydrogen) atoms. The van der Waals surface area contributed by atoms with E-state index in [0.717, 1.165) is 64.8 Å². The largest absolute Gasteiger partial charge is 0.493 e. The van der Waals surface area contributed by atoms with Crippen molar-refractivity contribution in [2.75, 3.05) is 58.4 Å². The summed E-state index contributed by atoms with van der Waals surface area (Å²) in [6.45, 7) is 9.16. The molecular formula is C24H30N4O3S. The van der Waals surface area contributed by atoms with Crippen LogP contribution in [-0.4, -0.2) is 69.3 Å². The number of nitrogens with zero attached hydrogens (tertiary/aromatic N) is 3. The number of anilines is 1. The summed E-state index contributed by atoms with van der Waals surface area (Å²) in [7, 11) is 3.29. The van der Waals surface area contributed by atoms with E-state index in [1.807, 2.05) is 44.2 Å². The molecule has 0 saturated carbocycles. The maximum absolute atomic E-state index is 12.5. The molecule has 0 aliphatic carbocycles. The number of methoxy groups -OCH3 is 2. The molecule has 170 valence electrons. The van der Waals surface area contributed by atoms with Crippen LogP contribution in [0.1, 0.15) is 21.5 Å². The van der Waals surface area contributed by atoms with Crippen LogP contribution < -0.4 is 19.7 Å². The van der Waals surface area contributed by atoms with E-state index < -0.39 is 0 Å². The van der Waals surface area contributed by atoms with Crippen molar-refractivity contribution in [3.05, 3.63) is 47.0 Å². The summed E-state index contributed by atoms with van der Waals surface area (Å²) in [6.07, 6.45) is 0. The average molecular weight is 455 g/mol. The second-order valence-corrected chi connectivity index (χ2v) is 9.06. The Morgan fingerprint density at radius 2 is 1.88 bits per heavy atom. The van der Waals surface area contributed by atoms with Gasteiger partial charge in [0.15, 0.2) is 16.6 Å². The van der Waals surface area contributed by atoms with Gasteiger partial charge in [0, 0.05) is 44.8 Å². The van der Waals surface area contributed by atoms with Gasteiger partial charge in [0.2, 0.25) is 0 Å². The number of carbonyl (C=O) groups is 1. The second-order valence-electron chi connectivity index (χ2n) is 8.05. The number of fused-ring (bicyclic) bond motifs is 1. The number of aryl methyl sites for hydroxylation is 2. The number of hydrogen-bond acceptors (Lipinski definition) is 7. The fraction of sp³-hybridized carbons (Fsp3) is 0.417. The predicted octanol–water partition coefficient (Wildman–Crippen LogP) is 3.48. The summed E-state index contributed by atoms with van der Waals surface area (Å²) in [6, 6.07) is 9.94. The van der Waals surface area contributed by atoms with E-state index in [9.17, 15) is 4.79 Å². The van der Waals surface area contributed by atoms with Gasteiger partial charge in [-0.1, -0.05) is 29.0 Å². The van der Waals surface area contributed by atoms with Crippen molar-refractivity contribution in [2.24, 2.45) is 0 Å². The van der Waals surface area contributed by atoms with Crippen LogP contribution in [0, 0.1) is 13.8 Å². The summed E-state index contributed by atoms with van der Waals surface area (Å²) in [5.74, 6) is 1.39. The highest BCUT2D eigenvalue weighted by Crippen LogP contribution is 2.40. The van der Waals surface area contributed by atoms with E-state index in [1.165, 1.54) is 0 Å². The molecule has 1 saturated heterocycles. The van der Waals surface area contributed by atoms with Crippen molar-refractivity contribution in [1.82, 2.24) is 15.2 Å². The van der Waals surface area contributed by atoms with E-state index in [1.54, 1.807) is 25.6 Å². The predicted molar refractivity (Wildman–Crippen MR) is 130 cm³/mol. The number of piperazine rings is 1. The topological polar surface area (TPSA) is 66.9 Å². The molecule has 2 aromatic carbocycles. The van der Waals surface area contributed by atoms with E-state index >= 15 is 0 Å². The highest BCUT2D eigenvalue weighted by atomic mass is 32.1. The van der Waals surface area contributed by atoms with Gasteiger partial charge in [0.1, 0.15) is 5.52 Å². The van der Waals surface area contributed by atoms with Gasteiger partial charge in [-0.2, -0.15) is 0 Å². The van der Waals surface area contributed by atoms with E-state index in [0.29, 0.717) is 18.0 Å². The Balaban J connectivity index is 1.31. The Morgan fingerprint density at radius 1 is 1.09 bits per heavy atom. The molecule has 1 amide bonds. The summed E-state index contributed by atoms with van der Waals surface area (Å²) < 4.78 is 12.0. The summed E-state index contributed by atoms with van der Waals surface area (Å²) in [5, 5.41) is 4.08. The molecule has 3 aromatic rings. The Labute approximate surface area is 192 Å². The highest BCUT2D eigenvalue weighted by Gasteiger charge is 2.22. The smallest absolute Gasteiger partial charge is 0.251 e. The van der Waals surface area contributed by atoms with Gasteiger partial charge < -0.3 is 19.7 Å². The SMILES string of the molecule is COc1ccc2sc(N3CCN(CCNC(=O)c4cc(C)ccc4C)CC3)nc2c1OC. The number of aromatic nitrogens is 1. The van der Waals surface area contributed by atoms with E-state index in [-0.39, 0.29) is 5.91 Å². The van der Waals surface area contributed by atoms with Gasteiger partial charge in [0.25, 0.3) is 5.91 Å². The third kappa shape index (κ3) is 4.66. The van der Waals surface area contributed by atoms with Crippen LogP contribution in [0.5, 0.6) is 11.5 Å². The maximum Gasteiger partial charge on any atom is 0.251 e. The quantitative estimate of drug-likeness (QED) is 0.590. The van der Waals surface area contributed by atoms with Crippen LogP contribution in [-0.2, 0) is 0 Å². The summed E-state index contributed by atoms with van der Waals surface area (Å²) in [4.78, 5) is 22.1. The lowest BCUT2D eigenvalue weighted by Gasteiger charge is -2.34. The fourth-order valence-corrected chi connectivity index (χ4v) is 5.02. The van der Waals surface area contributed by atoms with Gasteiger partial charge in [-0.15, -0.1) is 0 Å². The lowest BCUT2D eigenvalue weighted by atomic mass is 10.1. The summed E-state index contributed by atoms with van der Waals surface area (Å²) in [5.41, 5.74) is 3.72. The molecule has 4 rings (SSSR count). The van der Waals surface area contributed by atoms with Crippen LogP contribution in [0.25, 0.3) is 10.2 Å². The highest BCUT2D eigenvalue weighted by molar-refractivity contribution is 7.22. The van der Waals surface area contributed by atoms with Crippen molar-refractivity contribution in [2.45, 2.75) is 13.8 Å². The first-order valence-corrected chi connectivity index (χ1v) is 11.7. The molecule has 1 aromatic heterocycles. The number of carbonyl (C=O) groups excluding carboxylic acids is 1. The van der Waals surface area contributed by atoms with Crippen LogP contribution in [0.15, 0.2) is 30.3 Å². The first-order chi connectivity index (χ1) is 15.5. The normalized spacial score (nSPS) is 14.6. The number of ether oxygens (including phenoxy) is 2. The lowest BCUT2D eigenvalue weighted by Crippen LogP contribution is -2.48. The Bertz CT molecular complexity index is 1110. The van der Waals surface area contributed by atoms with Crippen molar-refractivity contribution in [3.63, 3.8) is 0 Å². The molecule has 0 spiro atoms. The number of hydrogen-bond donors (Lipinski definition) is 1. The first kappa shape index (κ1) is 22.4. The Kier molecular flexibility index (Phi) is 6.81. The zero-order valence-corrected chi connectivity index (χ0v) is 19.9. The third-order valence-electron chi connectivity index (χ3n) is 5.89. The van der Waals surface area contributed by atoms with Crippen molar-refractivity contribution in [1.29, 1.82) is 0 Å². The average Bonchev–Trinajstić information content (AvgIpc) is 3.24. The van der Waals surface area contributed by atoms with Crippen LogP contribution in [0.2, 0.25) is 0 Å². The van der Waals surface area contributed by atoms with Crippen LogP contribution in [0.3, 0.4) is 0 Å². The van der Waals surface area contributed by atoms with E-state index in [4.69, 9.17) is 14.5 Å². The van der Waals surface area contributed by atoms with Gasteiger partial charge in [0.05, 0.1) is 18.9 Å². The molecule has 0 bridgehead atoms. The molecule has 8 heteroatoms. The zero-order valence-electron chi connectivity index (χ0n) is 19.1. The number of thiazole rings is 1. The van der Waals surface area contributed by atoms with Gasteiger partial charge in [-0.3, -0.25) is 9.69 Å². The number of rotatable bonds is 7. The molecule has 1 fully saturated rings. The number of benzene rings is 2. The second kappa shape index (κ2) is 9.75. The van der Waals surface area contributed by atoms with Crippen LogP contribution in [0.4, 0.5) is 5.13 Å². The molecule has 0 atom stereocenters. The van der Waals surface area contributed by atoms with Crippen LogP contribution >= 0.6 is 11.3 Å². The molecule has 1 N–H and O–H groups in total. The number of amides is 1. The monoisotopic (exact) mass is 454 g/mol. The van der Waals surface area contributed by atoms with Crippen molar-refractivity contribution < 1.29 is 14.3 Å². The zero-order chi connectivity index (χ0) is 22.7. The van der Waals surface area contributed by atoms with Crippen molar-refractivity contribution >= 4 is 32.6 Å². The first-order valence-electron chi connectivity index (χ1n) is 10.8. The lowest BCUT2D eigenvalue weighted by molar-refractivity contribution is 0.0947. The standard InChI is InChI=1S/C24H30N4O3S/c1-16-5-6-17(2)18(15-16)23(29)25-9-10-27-11-13-28(14-12-27)24-26-21-20(32-24)8-7-19(30-3)22(21)31-4/h5-8,15H,9-14H2,1-4H3,(H,25,29). The van der Waals surface area contributed by atoms with Gasteiger partial charge in [-0.25, -0.2) is 4.98 Å². The maximum atomic E-state index is 12.5. The number of nitrogens with one attached hydrogen (secondary N) is 1. The minimum atomic E-state index is 0.00341. The molecule has 0 unspecified atom stereocenters. The minimum Gasteiger partial charge on any atom is -0.493 e. The molecular weight excluding hydrogens is 424 g/mol. The summed E-state index contributed by atoms with van der Waals surface area (Å²) >= 11 is 1.68. The Hall–Kier alpha value is -2.84. The Morgan fingerprint density at radius 3 is 2.59 bits per heavy atom. The molecule has 1 aliphatic rings. The third-order valence-corrected chi connectivity index (χ3v) is 6.97. The fourth-order valence-electron chi connectivity index (χ4n) is 4.00. The molecule has 7 nitrogen and oxygen atoms in total. The minimum absolute atomic E-state index is 0.00341. The van der Waals surface area contributed by atoms with Gasteiger partial charge in [-0.05, 0) is 37.6 Å². The molecule has 0 radical (unpaired) electrons. The molecule has 2 heterocycles. The van der Waals surface area contributed by atoms with Crippen molar-refractivity contribution in [3.8, 4) is 11.5 Å². The molecule has 1 aliphatic heterocycles. The van der Waals surface area contributed by atoms with Gasteiger partial charge >= 0.3 is 0 Å².